The van der Waals surface area contributed by atoms with Gasteiger partial charge in [0.1, 0.15) is 6.61 Å². The van der Waals surface area contributed by atoms with Crippen LogP contribution in [-0.2, 0) is 20.9 Å². The Kier molecular flexibility index (Phi) is 8.64. The first-order valence-electron chi connectivity index (χ1n) is 10.8. The average Bonchev–Trinajstić information content (AvgIpc) is 2.82. The molecule has 0 saturated heterocycles. The molecule has 6 nitrogen and oxygen atoms in total. The van der Waals surface area contributed by atoms with Crippen molar-refractivity contribution in [2.45, 2.75) is 51.0 Å². The number of carbonyl (C=O) groups is 3. The van der Waals surface area contributed by atoms with Crippen molar-refractivity contribution in [1.82, 2.24) is 5.32 Å². The van der Waals surface area contributed by atoms with Crippen LogP contribution in [0.5, 0.6) is 0 Å². The van der Waals surface area contributed by atoms with Gasteiger partial charge in [0.2, 0.25) is 0 Å². The highest BCUT2D eigenvalue weighted by atomic mass is 16.5. The second kappa shape index (κ2) is 11.9. The fourth-order valence-electron chi connectivity index (χ4n) is 3.72. The fourth-order valence-corrected chi connectivity index (χ4v) is 3.72. The number of carbonyl (C=O) groups excluding carboxylic acids is 3. The lowest BCUT2D eigenvalue weighted by atomic mass is 9.84. The number of ketones is 1. The molecular weight excluding hydrogens is 394 g/mol. The van der Waals surface area contributed by atoms with Crippen molar-refractivity contribution in [2.24, 2.45) is 0 Å². The summed E-state index contributed by atoms with van der Waals surface area (Å²) in [5.74, 6) is -0.197. The Labute approximate surface area is 182 Å². The van der Waals surface area contributed by atoms with Gasteiger partial charge < -0.3 is 14.8 Å². The van der Waals surface area contributed by atoms with Gasteiger partial charge in [-0.1, -0.05) is 73.9 Å². The first-order valence-corrected chi connectivity index (χ1v) is 10.8. The van der Waals surface area contributed by atoms with Crippen LogP contribution in [0.3, 0.4) is 0 Å². The minimum Gasteiger partial charge on any atom is -0.457 e. The van der Waals surface area contributed by atoms with Crippen molar-refractivity contribution in [1.29, 1.82) is 0 Å². The predicted octanol–water partition coefficient (Wildman–Crippen LogP) is 4.78. The highest BCUT2D eigenvalue weighted by Crippen LogP contribution is 2.32. The van der Waals surface area contributed by atoms with Gasteiger partial charge in [0, 0.05) is 12.1 Å². The maximum Gasteiger partial charge on any atom is 0.407 e. The Bertz CT molecular complexity index is 857. The number of Topliss-reactive ketones (excluding diaryl/α,β-unsaturated/α-hetero) is 1. The van der Waals surface area contributed by atoms with E-state index in [4.69, 9.17) is 9.47 Å². The van der Waals surface area contributed by atoms with Crippen LogP contribution in [0.25, 0.3) is 0 Å². The Hall–Kier alpha value is -3.15. The molecule has 0 heterocycles. The largest absolute Gasteiger partial charge is 0.457 e. The number of esters is 1. The zero-order valence-electron chi connectivity index (χ0n) is 17.7. The number of hydrogen-bond donors (Lipinski definition) is 1. The third kappa shape index (κ3) is 7.55. The van der Waals surface area contributed by atoms with E-state index in [1.165, 1.54) is 37.7 Å². The van der Waals surface area contributed by atoms with E-state index in [-0.39, 0.29) is 32.0 Å². The molecule has 1 N–H and O–H groups in total. The van der Waals surface area contributed by atoms with Crippen LogP contribution >= 0.6 is 0 Å². The van der Waals surface area contributed by atoms with Gasteiger partial charge in [-0.2, -0.15) is 0 Å². The molecule has 1 amide bonds. The molecule has 0 radical (unpaired) electrons. The minimum atomic E-state index is -0.606. The number of hydrogen-bond acceptors (Lipinski definition) is 5. The van der Waals surface area contributed by atoms with Gasteiger partial charge in [0.05, 0.1) is 6.42 Å². The van der Waals surface area contributed by atoms with Crippen LogP contribution < -0.4 is 5.32 Å². The summed E-state index contributed by atoms with van der Waals surface area (Å²) in [6.07, 6.45) is 5.61. The molecule has 1 fully saturated rings. The maximum absolute atomic E-state index is 12.3. The first kappa shape index (κ1) is 22.5. The third-order valence-corrected chi connectivity index (χ3v) is 5.48. The summed E-state index contributed by atoms with van der Waals surface area (Å²) < 4.78 is 10.1. The van der Waals surface area contributed by atoms with Gasteiger partial charge in [-0.25, -0.2) is 4.79 Å². The van der Waals surface area contributed by atoms with E-state index in [0.29, 0.717) is 11.5 Å². The summed E-state index contributed by atoms with van der Waals surface area (Å²) in [6, 6.07) is 16.9. The van der Waals surface area contributed by atoms with Crippen molar-refractivity contribution in [3.63, 3.8) is 0 Å². The Morgan fingerprint density at radius 3 is 2.29 bits per heavy atom. The number of benzene rings is 2. The maximum atomic E-state index is 12.3. The van der Waals surface area contributed by atoms with E-state index in [0.717, 1.165) is 5.56 Å². The van der Waals surface area contributed by atoms with Crippen LogP contribution in [0.1, 0.15) is 65.9 Å². The Morgan fingerprint density at radius 2 is 1.58 bits per heavy atom. The van der Waals surface area contributed by atoms with Gasteiger partial charge in [0.15, 0.2) is 12.4 Å². The second-order valence-electron chi connectivity index (χ2n) is 7.78. The summed E-state index contributed by atoms with van der Waals surface area (Å²) >= 11 is 0. The monoisotopic (exact) mass is 423 g/mol. The summed E-state index contributed by atoms with van der Waals surface area (Å²) in [5.41, 5.74) is 2.69. The highest BCUT2D eigenvalue weighted by molar-refractivity contribution is 5.98. The molecule has 6 heteroatoms. The Morgan fingerprint density at radius 1 is 0.871 bits per heavy atom. The van der Waals surface area contributed by atoms with Gasteiger partial charge in [-0.3, -0.25) is 9.59 Å². The van der Waals surface area contributed by atoms with Crippen molar-refractivity contribution in [2.75, 3.05) is 13.2 Å². The smallest absolute Gasteiger partial charge is 0.407 e. The van der Waals surface area contributed by atoms with E-state index in [2.05, 4.69) is 5.32 Å². The lowest BCUT2D eigenvalue weighted by Gasteiger charge is -2.22. The van der Waals surface area contributed by atoms with Crippen LogP contribution in [0, 0.1) is 0 Å². The molecule has 0 unspecified atom stereocenters. The Balaban J connectivity index is 1.31. The normalized spacial score (nSPS) is 13.9. The van der Waals surface area contributed by atoms with Crippen molar-refractivity contribution in [3.05, 3.63) is 71.3 Å². The van der Waals surface area contributed by atoms with E-state index in [1.54, 1.807) is 0 Å². The number of alkyl carbamates (subject to hydrolysis) is 1. The average molecular weight is 424 g/mol. The van der Waals surface area contributed by atoms with Crippen molar-refractivity contribution in [3.8, 4) is 0 Å². The first-order chi connectivity index (χ1) is 15.1. The van der Waals surface area contributed by atoms with Crippen molar-refractivity contribution < 1.29 is 23.9 Å². The summed E-state index contributed by atoms with van der Waals surface area (Å²) in [5, 5.41) is 2.49. The molecule has 1 aliphatic carbocycles. The summed E-state index contributed by atoms with van der Waals surface area (Å²) in [6.45, 7) is -0.0675. The lowest BCUT2D eigenvalue weighted by molar-refractivity contribution is -0.142. The van der Waals surface area contributed by atoms with Crippen LogP contribution in [0.4, 0.5) is 4.79 Å². The molecule has 1 aliphatic rings. The fraction of sp³-hybridized carbons (Fsp3) is 0.400. The zero-order valence-corrected chi connectivity index (χ0v) is 17.7. The van der Waals surface area contributed by atoms with E-state index in [1.807, 2.05) is 54.6 Å². The summed E-state index contributed by atoms with van der Waals surface area (Å²) in [4.78, 5) is 35.8. The minimum absolute atomic E-state index is 0.0334. The molecule has 31 heavy (non-hydrogen) atoms. The molecule has 0 spiro atoms. The standard InChI is InChI=1S/C25H29NO5/c27-23(22-13-11-21(12-14-22)20-9-5-2-6-10-20)18-30-24(28)15-16-26-25(29)31-17-19-7-3-1-4-8-19/h1,3-4,7-8,11-14,20H,2,5-6,9-10,15-18H2,(H,26,29). The molecule has 0 bridgehead atoms. The molecule has 2 aromatic carbocycles. The van der Waals surface area contributed by atoms with E-state index < -0.39 is 12.1 Å². The molecule has 0 atom stereocenters. The molecule has 164 valence electrons. The molecule has 0 aliphatic heterocycles. The SMILES string of the molecule is O=C(CCNC(=O)OCc1ccccc1)OCC(=O)c1ccc(C2CCCCC2)cc1. The quantitative estimate of drug-likeness (QED) is 0.464. The van der Waals surface area contributed by atoms with Crippen LogP contribution in [-0.4, -0.2) is 31.0 Å². The second-order valence-corrected chi connectivity index (χ2v) is 7.78. The molecular formula is C25H29NO5. The number of rotatable bonds is 9. The molecule has 2 aromatic rings. The molecule has 1 saturated carbocycles. The topological polar surface area (TPSA) is 81.7 Å². The van der Waals surface area contributed by atoms with Gasteiger partial charge in [0.25, 0.3) is 0 Å². The highest BCUT2D eigenvalue weighted by Gasteiger charge is 2.16. The van der Waals surface area contributed by atoms with Crippen LogP contribution in [0.2, 0.25) is 0 Å². The van der Waals surface area contributed by atoms with Gasteiger partial charge in [-0.05, 0) is 29.9 Å². The number of nitrogens with one attached hydrogen (secondary N) is 1. The summed E-state index contributed by atoms with van der Waals surface area (Å²) in [7, 11) is 0. The zero-order chi connectivity index (χ0) is 21.9. The predicted molar refractivity (Wildman–Crippen MR) is 117 cm³/mol. The number of amides is 1. The van der Waals surface area contributed by atoms with Crippen LogP contribution in [0.15, 0.2) is 54.6 Å². The van der Waals surface area contributed by atoms with Crippen molar-refractivity contribution >= 4 is 17.8 Å². The lowest BCUT2D eigenvalue weighted by Crippen LogP contribution is -2.27. The van der Waals surface area contributed by atoms with Gasteiger partial charge >= 0.3 is 12.1 Å². The molecule has 3 rings (SSSR count). The van der Waals surface area contributed by atoms with E-state index in [9.17, 15) is 14.4 Å². The van der Waals surface area contributed by atoms with Gasteiger partial charge in [-0.15, -0.1) is 0 Å². The molecule has 0 aromatic heterocycles. The van der Waals surface area contributed by atoms with E-state index >= 15 is 0 Å². The third-order valence-electron chi connectivity index (χ3n) is 5.48. The number of ether oxygens (including phenoxy) is 2.